The summed E-state index contributed by atoms with van der Waals surface area (Å²) in [5.41, 5.74) is 3.77. The Labute approximate surface area is 181 Å². The number of anilines is 1. The number of ether oxygens (including phenoxy) is 1. The lowest BCUT2D eigenvalue weighted by Gasteiger charge is -2.10. The first kappa shape index (κ1) is 22.3. The SMILES string of the molecule is Cc1cc(C(=O)COC(=O)c2cccc(NS(C)(=O)=O)c2)c(C)n1Cc1ccccc1. The van der Waals surface area contributed by atoms with E-state index in [-0.39, 0.29) is 17.0 Å². The molecule has 3 aromatic rings. The molecule has 0 spiro atoms. The van der Waals surface area contributed by atoms with Gasteiger partial charge in [-0.25, -0.2) is 13.2 Å². The van der Waals surface area contributed by atoms with Crippen molar-refractivity contribution in [3.8, 4) is 0 Å². The zero-order valence-corrected chi connectivity index (χ0v) is 18.4. The summed E-state index contributed by atoms with van der Waals surface area (Å²) in [6, 6.07) is 17.6. The molecule has 0 aliphatic carbocycles. The van der Waals surface area contributed by atoms with Crippen LogP contribution in [0.3, 0.4) is 0 Å². The summed E-state index contributed by atoms with van der Waals surface area (Å²) >= 11 is 0. The predicted molar refractivity (Wildman–Crippen MR) is 119 cm³/mol. The van der Waals surface area contributed by atoms with E-state index in [1.54, 1.807) is 6.07 Å². The zero-order valence-electron chi connectivity index (χ0n) is 17.6. The van der Waals surface area contributed by atoms with Crippen molar-refractivity contribution in [1.29, 1.82) is 0 Å². The van der Waals surface area contributed by atoms with Crippen LogP contribution >= 0.6 is 0 Å². The summed E-state index contributed by atoms with van der Waals surface area (Å²) < 4.78 is 32.2. The fourth-order valence-corrected chi connectivity index (χ4v) is 3.86. The second kappa shape index (κ2) is 9.18. The van der Waals surface area contributed by atoms with Crippen LogP contribution in [0.1, 0.15) is 37.7 Å². The Kier molecular flexibility index (Phi) is 6.60. The number of sulfonamides is 1. The highest BCUT2D eigenvalue weighted by Crippen LogP contribution is 2.18. The van der Waals surface area contributed by atoms with Crippen LogP contribution in [0.5, 0.6) is 0 Å². The van der Waals surface area contributed by atoms with Gasteiger partial charge in [-0.05, 0) is 43.7 Å². The first-order valence-corrected chi connectivity index (χ1v) is 11.5. The van der Waals surface area contributed by atoms with Gasteiger partial charge in [0.15, 0.2) is 6.61 Å². The van der Waals surface area contributed by atoms with Crippen LogP contribution in [-0.2, 0) is 21.3 Å². The second-order valence-electron chi connectivity index (χ2n) is 7.31. The Morgan fingerprint density at radius 1 is 1.00 bits per heavy atom. The van der Waals surface area contributed by atoms with Crippen molar-refractivity contribution >= 4 is 27.5 Å². The summed E-state index contributed by atoms with van der Waals surface area (Å²) in [5.74, 6) is -1.00. The van der Waals surface area contributed by atoms with Gasteiger partial charge in [-0.15, -0.1) is 0 Å². The molecular weight excluding hydrogens is 416 g/mol. The number of Topliss-reactive ketones (excluding diaryl/α,β-unsaturated/α-hetero) is 1. The molecule has 31 heavy (non-hydrogen) atoms. The van der Waals surface area contributed by atoms with E-state index < -0.39 is 22.6 Å². The fraction of sp³-hybridized carbons (Fsp3) is 0.217. The van der Waals surface area contributed by atoms with Crippen molar-refractivity contribution in [3.63, 3.8) is 0 Å². The van der Waals surface area contributed by atoms with Gasteiger partial charge in [0.2, 0.25) is 15.8 Å². The van der Waals surface area contributed by atoms with E-state index in [2.05, 4.69) is 4.72 Å². The van der Waals surface area contributed by atoms with Gasteiger partial charge < -0.3 is 9.30 Å². The maximum atomic E-state index is 12.7. The number of rotatable bonds is 8. The molecule has 0 aliphatic rings. The number of aryl methyl sites for hydroxylation is 1. The van der Waals surface area contributed by atoms with Crippen LogP contribution in [0.2, 0.25) is 0 Å². The normalized spacial score (nSPS) is 11.2. The van der Waals surface area contributed by atoms with Crippen LogP contribution < -0.4 is 4.72 Å². The van der Waals surface area contributed by atoms with Crippen LogP contribution in [0.4, 0.5) is 5.69 Å². The molecule has 0 fully saturated rings. The molecule has 0 amide bonds. The van der Waals surface area contributed by atoms with Crippen molar-refractivity contribution in [2.24, 2.45) is 0 Å². The van der Waals surface area contributed by atoms with Gasteiger partial charge in [0.1, 0.15) is 0 Å². The summed E-state index contributed by atoms with van der Waals surface area (Å²) in [6.45, 7) is 4.04. The molecule has 0 bridgehead atoms. The number of carbonyl (C=O) groups excluding carboxylic acids is 2. The van der Waals surface area contributed by atoms with E-state index in [4.69, 9.17) is 4.74 Å². The Balaban J connectivity index is 1.68. The Morgan fingerprint density at radius 3 is 2.39 bits per heavy atom. The molecule has 1 heterocycles. The van der Waals surface area contributed by atoms with Gasteiger partial charge in [0.25, 0.3) is 0 Å². The highest BCUT2D eigenvalue weighted by Gasteiger charge is 2.18. The third-order valence-electron chi connectivity index (χ3n) is 4.79. The minimum absolute atomic E-state index is 0.149. The second-order valence-corrected chi connectivity index (χ2v) is 9.06. The van der Waals surface area contributed by atoms with Crippen molar-refractivity contribution in [2.75, 3.05) is 17.6 Å². The predicted octanol–water partition coefficient (Wildman–Crippen LogP) is 3.56. The van der Waals surface area contributed by atoms with E-state index in [1.807, 2.05) is 48.7 Å². The molecule has 3 rings (SSSR count). The Morgan fingerprint density at radius 2 is 1.71 bits per heavy atom. The topological polar surface area (TPSA) is 94.5 Å². The van der Waals surface area contributed by atoms with Crippen molar-refractivity contribution in [2.45, 2.75) is 20.4 Å². The summed E-state index contributed by atoms with van der Waals surface area (Å²) in [5, 5.41) is 0. The largest absolute Gasteiger partial charge is 0.454 e. The van der Waals surface area contributed by atoms with Crippen LogP contribution in [0.25, 0.3) is 0 Å². The number of nitrogens with one attached hydrogen (secondary N) is 1. The molecule has 0 saturated heterocycles. The zero-order chi connectivity index (χ0) is 22.6. The highest BCUT2D eigenvalue weighted by atomic mass is 32.2. The van der Waals surface area contributed by atoms with Gasteiger partial charge in [-0.1, -0.05) is 36.4 Å². The monoisotopic (exact) mass is 440 g/mol. The van der Waals surface area contributed by atoms with E-state index >= 15 is 0 Å². The van der Waals surface area contributed by atoms with E-state index in [9.17, 15) is 18.0 Å². The lowest BCUT2D eigenvalue weighted by Crippen LogP contribution is -2.16. The molecule has 0 saturated carbocycles. The molecule has 2 aromatic carbocycles. The van der Waals surface area contributed by atoms with E-state index in [1.165, 1.54) is 24.3 Å². The molecule has 162 valence electrons. The van der Waals surface area contributed by atoms with Gasteiger partial charge in [-0.3, -0.25) is 9.52 Å². The Hall–Kier alpha value is -3.39. The molecule has 1 N–H and O–H groups in total. The minimum Gasteiger partial charge on any atom is -0.454 e. The number of ketones is 1. The Bertz CT molecular complexity index is 1210. The van der Waals surface area contributed by atoms with E-state index in [0.717, 1.165) is 23.2 Å². The number of hydrogen-bond donors (Lipinski definition) is 1. The number of esters is 1. The molecule has 0 atom stereocenters. The molecule has 8 heteroatoms. The third kappa shape index (κ3) is 5.82. The van der Waals surface area contributed by atoms with Crippen LogP contribution in [0, 0.1) is 13.8 Å². The lowest BCUT2D eigenvalue weighted by molar-refractivity contribution is 0.0474. The van der Waals surface area contributed by atoms with Gasteiger partial charge >= 0.3 is 5.97 Å². The molecular formula is C23H24N2O5S. The minimum atomic E-state index is -3.47. The standard InChI is InChI=1S/C23H24N2O5S/c1-16-12-21(17(2)25(16)14-18-8-5-4-6-9-18)22(26)15-30-23(27)19-10-7-11-20(13-19)24-31(3,28)29/h4-13,24H,14-15H2,1-3H3. The van der Waals surface area contributed by atoms with Gasteiger partial charge in [-0.2, -0.15) is 0 Å². The van der Waals surface area contributed by atoms with E-state index in [0.29, 0.717) is 12.1 Å². The first-order valence-electron chi connectivity index (χ1n) is 9.63. The average Bonchev–Trinajstić information content (AvgIpc) is 3.00. The van der Waals surface area contributed by atoms with Crippen molar-refractivity contribution in [3.05, 3.63) is 88.7 Å². The van der Waals surface area contributed by atoms with Gasteiger partial charge in [0, 0.05) is 29.2 Å². The molecule has 0 aliphatic heterocycles. The number of nitrogens with zero attached hydrogens (tertiary/aromatic N) is 1. The molecule has 1 aromatic heterocycles. The van der Waals surface area contributed by atoms with Crippen LogP contribution in [0.15, 0.2) is 60.7 Å². The van der Waals surface area contributed by atoms with Crippen molar-refractivity contribution in [1.82, 2.24) is 4.57 Å². The van der Waals surface area contributed by atoms with Crippen molar-refractivity contribution < 1.29 is 22.7 Å². The average molecular weight is 441 g/mol. The highest BCUT2D eigenvalue weighted by molar-refractivity contribution is 7.92. The quantitative estimate of drug-likeness (QED) is 0.427. The summed E-state index contributed by atoms with van der Waals surface area (Å²) in [6.07, 6.45) is 1.02. The number of benzene rings is 2. The maximum Gasteiger partial charge on any atom is 0.338 e. The van der Waals surface area contributed by atoms with Gasteiger partial charge in [0.05, 0.1) is 11.8 Å². The molecule has 0 unspecified atom stereocenters. The first-order chi connectivity index (χ1) is 14.6. The third-order valence-corrected chi connectivity index (χ3v) is 5.40. The lowest BCUT2D eigenvalue weighted by atomic mass is 10.1. The summed E-state index contributed by atoms with van der Waals surface area (Å²) in [4.78, 5) is 25.0. The molecule has 7 nitrogen and oxygen atoms in total. The van der Waals surface area contributed by atoms with Crippen LogP contribution in [-0.4, -0.2) is 37.6 Å². The molecule has 0 radical (unpaired) electrons. The number of hydrogen-bond acceptors (Lipinski definition) is 5. The number of carbonyl (C=O) groups is 2. The summed E-state index contributed by atoms with van der Waals surface area (Å²) in [7, 11) is -3.47. The number of aromatic nitrogens is 1. The smallest absolute Gasteiger partial charge is 0.338 e. The maximum absolute atomic E-state index is 12.7. The fourth-order valence-electron chi connectivity index (χ4n) is 3.31.